The molecule has 94 valence electrons. The van der Waals surface area contributed by atoms with Crippen molar-refractivity contribution >= 4 is 5.82 Å². The van der Waals surface area contributed by atoms with Crippen LogP contribution >= 0.6 is 0 Å². The smallest absolute Gasteiger partial charge is 0.140 e. The molecule has 1 aromatic carbocycles. The van der Waals surface area contributed by atoms with Gasteiger partial charge in [-0.05, 0) is 30.2 Å². The van der Waals surface area contributed by atoms with Gasteiger partial charge in [-0.3, -0.25) is 0 Å². The van der Waals surface area contributed by atoms with Crippen molar-refractivity contribution in [3.63, 3.8) is 0 Å². The number of pyridine rings is 1. The van der Waals surface area contributed by atoms with Gasteiger partial charge in [-0.25, -0.2) is 10.8 Å². The highest BCUT2D eigenvalue weighted by Crippen LogP contribution is 2.18. The zero-order valence-electron chi connectivity index (χ0n) is 10.3. The van der Waals surface area contributed by atoms with Gasteiger partial charge in [0.25, 0.3) is 0 Å². The summed E-state index contributed by atoms with van der Waals surface area (Å²) in [5, 5.41) is 0. The fourth-order valence-corrected chi connectivity index (χ4v) is 1.68. The molecule has 1 unspecified atom stereocenters. The molecule has 0 saturated heterocycles. The minimum Gasteiger partial charge on any atom is -0.369 e. The number of hydrazine groups is 1. The molecule has 0 amide bonds. The molecule has 2 rings (SSSR count). The molecule has 0 aliphatic heterocycles. The summed E-state index contributed by atoms with van der Waals surface area (Å²) in [5.41, 5.74) is 4.73. The lowest BCUT2D eigenvalue weighted by Gasteiger charge is -2.13. The number of nitrogens with zero attached hydrogens (tertiary/aromatic N) is 1. The number of hydrogen-bond acceptors (Lipinski definition) is 4. The second kappa shape index (κ2) is 6.14. The van der Waals surface area contributed by atoms with Crippen molar-refractivity contribution in [2.24, 2.45) is 5.84 Å². The third-order valence-electron chi connectivity index (χ3n) is 2.74. The van der Waals surface area contributed by atoms with Gasteiger partial charge in [-0.2, -0.15) is 0 Å². The van der Waals surface area contributed by atoms with E-state index in [0.29, 0.717) is 12.4 Å². The molecule has 3 N–H and O–H groups in total. The van der Waals surface area contributed by atoms with Gasteiger partial charge in [0, 0.05) is 6.20 Å². The zero-order valence-corrected chi connectivity index (χ0v) is 10.3. The number of hydrogen-bond donors (Lipinski definition) is 2. The Balaban J connectivity index is 1.95. The first-order valence-electron chi connectivity index (χ1n) is 5.87. The Morgan fingerprint density at radius 3 is 2.78 bits per heavy atom. The van der Waals surface area contributed by atoms with Crippen LogP contribution in [0, 0.1) is 0 Å². The van der Waals surface area contributed by atoms with Gasteiger partial charge in [-0.15, -0.1) is 0 Å². The Labute approximate surface area is 107 Å². The maximum Gasteiger partial charge on any atom is 0.140 e. The number of ether oxygens (including phenoxy) is 1. The second-order valence-corrected chi connectivity index (χ2v) is 4.06. The molecule has 0 spiro atoms. The van der Waals surface area contributed by atoms with Gasteiger partial charge in [0.05, 0.1) is 12.7 Å². The fourth-order valence-electron chi connectivity index (χ4n) is 1.68. The van der Waals surface area contributed by atoms with E-state index in [1.165, 1.54) is 5.56 Å². The summed E-state index contributed by atoms with van der Waals surface area (Å²) in [6.07, 6.45) is 1.77. The molecule has 0 bridgehead atoms. The average molecular weight is 243 g/mol. The molecular weight excluding hydrogens is 226 g/mol. The summed E-state index contributed by atoms with van der Waals surface area (Å²) in [5.74, 6) is 5.95. The van der Waals surface area contributed by atoms with Gasteiger partial charge < -0.3 is 10.2 Å². The predicted octanol–water partition coefficient (Wildman–Crippen LogP) is 2.65. The highest BCUT2D eigenvalue weighted by molar-refractivity contribution is 5.35. The second-order valence-electron chi connectivity index (χ2n) is 4.06. The lowest BCUT2D eigenvalue weighted by molar-refractivity contribution is 0.0525. The van der Waals surface area contributed by atoms with Gasteiger partial charge in [0.15, 0.2) is 0 Å². The van der Waals surface area contributed by atoms with Crippen molar-refractivity contribution in [1.29, 1.82) is 0 Å². The molecule has 1 atom stereocenters. The topological polar surface area (TPSA) is 60.2 Å². The van der Waals surface area contributed by atoms with Gasteiger partial charge >= 0.3 is 0 Å². The van der Waals surface area contributed by atoms with Crippen LogP contribution in [-0.2, 0) is 11.3 Å². The summed E-state index contributed by atoms with van der Waals surface area (Å²) in [7, 11) is 0. The van der Waals surface area contributed by atoms with Crippen LogP contribution in [0.1, 0.15) is 24.2 Å². The third kappa shape index (κ3) is 3.29. The van der Waals surface area contributed by atoms with E-state index in [-0.39, 0.29) is 6.10 Å². The molecule has 18 heavy (non-hydrogen) atoms. The molecular formula is C14H17N3O. The molecule has 0 radical (unpaired) electrons. The average Bonchev–Trinajstić information content (AvgIpc) is 2.46. The summed E-state index contributed by atoms with van der Waals surface area (Å²) in [6.45, 7) is 2.58. The van der Waals surface area contributed by atoms with Crippen molar-refractivity contribution in [1.82, 2.24) is 4.98 Å². The number of nitrogen functional groups attached to an aromatic ring is 1. The van der Waals surface area contributed by atoms with Crippen LogP contribution in [0.4, 0.5) is 5.82 Å². The summed E-state index contributed by atoms with van der Waals surface area (Å²) < 4.78 is 5.82. The number of anilines is 1. The molecule has 1 aromatic heterocycles. The number of aromatic nitrogens is 1. The van der Waals surface area contributed by atoms with Gasteiger partial charge in [0.2, 0.25) is 0 Å². The van der Waals surface area contributed by atoms with E-state index in [2.05, 4.69) is 22.5 Å². The molecule has 4 heteroatoms. The zero-order chi connectivity index (χ0) is 12.8. The maximum atomic E-state index is 5.82. The van der Waals surface area contributed by atoms with E-state index in [1.54, 1.807) is 6.20 Å². The number of rotatable bonds is 5. The first-order valence-corrected chi connectivity index (χ1v) is 5.87. The van der Waals surface area contributed by atoms with Crippen LogP contribution in [0.2, 0.25) is 0 Å². The Hall–Kier alpha value is -1.91. The van der Waals surface area contributed by atoms with Crippen LogP contribution in [0.5, 0.6) is 0 Å². The standard InChI is InChI=1S/C14H17N3O/c1-11(13-5-3-2-4-6-13)18-10-12-7-8-16-14(9-12)17-15/h2-9,11H,10,15H2,1H3,(H,16,17). The van der Waals surface area contributed by atoms with E-state index in [9.17, 15) is 0 Å². The van der Waals surface area contributed by atoms with E-state index in [1.807, 2.05) is 37.3 Å². The Morgan fingerprint density at radius 2 is 2.06 bits per heavy atom. The van der Waals surface area contributed by atoms with E-state index >= 15 is 0 Å². The Bertz CT molecular complexity index is 487. The van der Waals surface area contributed by atoms with Crippen LogP contribution < -0.4 is 11.3 Å². The molecule has 0 aliphatic rings. The number of nitrogens with one attached hydrogen (secondary N) is 1. The van der Waals surface area contributed by atoms with Crippen LogP contribution in [0.25, 0.3) is 0 Å². The lowest BCUT2D eigenvalue weighted by atomic mass is 10.1. The fraction of sp³-hybridized carbons (Fsp3) is 0.214. The SMILES string of the molecule is CC(OCc1ccnc(NN)c1)c1ccccc1. The van der Waals surface area contributed by atoms with Crippen molar-refractivity contribution < 1.29 is 4.74 Å². The van der Waals surface area contributed by atoms with Crippen LogP contribution in [0.3, 0.4) is 0 Å². The Morgan fingerprint density at radius 1 is 1.28 bits per heavy atom. The highest BCUT2D eigenvalue weighted by atomic mass is 16.5. The van der Waals surface area contributed by atoms with E-state index in [0.717, 1.165) is 5.56 Å². The largest absolute Gasteiger partial charge is 0.369 e. The molecule has 0 aliphatic carbocycles. The van der Waals surface area contributed by atoms with Crippen molar-refractivity contribution in [2.75, 3.05) is 5.43 Å². The molecule has 4 nitrogen and oxygen atoms in total. The monoisotopic (exact) mass is 243 g/mol. The van der Waals surface area contributed by atoms with Crippen LogP contribution in [-0.4, -0.2) is 4.98 Å². The van der Waals surface area contributed by atoms with Crippen molar-refractivity contribution in [3.8, 4) is 0 Å². The number of nitrogens with two attached hydrogens (primary N) is 1. The number of benzene rings is 1. The van der Waals surface area contributed by atoms with Crippen molar-refractivity contribution in [3.05, 3.63) is 59.8 Å². The summed E-state index contributed by atoms with van der Waals surface area (Å²) >= 11 is 0. The molecule has 0 fully saturated rings. The lowest BCUT2D eigenvalue weighted by Crippen LogP contribution is -2.09. The van der Waals surface area contributed by atoms with Gasteiger partial charge in [0.1, 0.15) is 5.82 Å². The van der Waals surface area contributed by atoms with Crippen molar-refractivity contribution in [2.45, 2.75) is 19.6 Å². The maximum absolute atomic E-state index is 5.82. The van der Waals surface area contributed by atoms with Gasteiger partial charge in [-0.1, -0.05) is 30.3 Å². The minimum absolute atomic E-state index is 0.0636. The molecule has 2 aromatic rings. The normalized spacial score (nSPS) is 12.1. The summed E-state index contributed by atoms with van der Waals surface area (Å²) in [4.78, 5) is 4.05. The first kappa shape index (κ1) is 12.5. The minimum atomic E-state index is 0.0636. The van der Waals surface area contributed by atoms with E-state index < -0.39 is 0 Å². The van der Waals surface area contributed by atoms with E-state index in [4.69, 9.17) is 10.6 Å². The predicted molar refractivity (Wildman–Crippen MR) is 71.7 cm³/mol. The van der Waals surface area contributed by atoms with Crippen LogP contribution in [0.15, 0.2) is 48.7 Å². The molecule has 0 saturated carbocycles. The first-order chi connectivity index (χ1) is 8.79. The Kier molecular flexibility index (Phi) is 4.28. The molecule has 1 heterocycles. The summed E-state index contributed by atoms with van der Waals surface area (Å²) in [6, 6.07) is 13.9. The quantitative estimate of drug-likeness (QED) is 0.626. The third-order valence-corrected chi connectivity index (χ3v) is 2.74. The highest BCUT2D eigenvalue weighted by Gasteiger charge is 2.05.